The summed E-state index contributed by atoms with van der Waals surface area (Å²) in [5.41, 5.74) is -2.85. The van der Waals surface area contributed by atoms with Gasteiger partial charge in [0.05, 0.1) is 6.20 Å². The van der Waals surface area contributed by atoms with Gasteiger partial charge in [-0.2, -0.15) is 8.78 Å². The van der Waals surface area contributed by atoms with Gasteiger partial charge in [0.15, 0.2) is 6.10 Å². The van der Waals surface area contributed by atoms with E-state index < -0.39 is 65.9 Å². The summed E-state index contributed by atoms with van der Waals surface area (Å²) < 4.78 is 48.9. The van der Waals surface area contributed by atoms with E-state index >= 15 is 4.39 Å². The number of ether oxygens (including phenoxy) is 4. The van der Waals surface area contributed by atoms with Crippen LogP contribution >= 0.6 is 0 Å². The number of nitrogens with zero attached hydrogens (tertiary/aromatic N) is 1. The van der Waals surface area contributed by atoms with Crippen molar-refractivity contribution >= 4 is 17.9 Å². The summed E-state index contributed by atoms with van der Waals surface area (Å²) in [4.78, 5) is 58.6. The number of rotatable bonds is 5. The van der Waals surface area contributed by atoms with Crippen LogP contribution in [-0.2, 0) is 39.3 Å². The molecule has 0 amide bonds. The van der Waals surface area contributed by atoms with Gasteiger partial charge < -0.3 is 18.9 Å². The van der Waals surface area contributed by atoms with E-state index in [9.17, 15) is 28.4 Å². The Kier molecular flexibility index (Phi) is 5.97. The quantitative estimate of drug-likeness (QED) is 0.485. The van der Waals surface area contributed by atoms with Gasteiger partial charge >= 0.3 is 29.6 Å². The number of aromatic amines is 1. The van der Waals surface area contributed by atoms with Gasteiger partial charge in [-0.1, -0.05) is 0 Å². The Balaban J connectivity index is 2.58. The van der Waals surface area contributed by atoms with Crippen molar-refractivity contribution in [2.24, 2.45) is 0 Å². The second-order valence-electron chi connectivity index (χ2n) is 5.78. The van der Waals surface area contributed by atoms with Gasteiger partial charge in [-0.25, -0.2) is 9.36 Å². The topological polar surface area (TPSA) is 143 Å². The lowest BCUT2D eigenvalue weighted by Gasteiger charge is -2.28. The third kappa shape index (κ3) is 4.24. The van der Waals surface area contributed by atoms with Crippen LogP contribution in [0.4, 0.5) is 8.78 Å². The molecule has 0 saturated carbocycles. The molecule has 28 heavy (non-hydrogen) atoms. The fourth-order valence-electron chi connectivity index (χ4n) is 2.59. The zero-order valence-corrected chi connectivity index (χ0v) is 14.9. The molecule has 1 fully saturated rings. The Hall–Kier alpha value is -3.09. The van der Waals surface area contributed by atoms with Crippen LogP contribution in [0.3, 0.4) is 0 Å². The first-order valence-electron chi connectivity index (χ1n) is 7.82. The lowest BCUT2D eigenvalue weighted by Crippen LogP contribution is -2.51. The molecule has 0 radical (unpaired) electrons. The van der Waals surface area contributed by atoms with Crippen molar-refractivity contribution in [3.8, 4) is 0 Å². The molecule has 11 nitrogen and oxygen atoms in total. The summed E-state index contributed by atoms with van der Waals surface area (Å²) >= 11 is 0. The predicted molar refractivity (Wildman–Crippen MR) is 83.0 cm³/mol. The molecule has 1 N–H and O–H groups in total. The van der Waals surface area contributed by atoms with Gasteiger partial charge in [0.2, 0.25) is 11.9 Å². The number of hydrogen-bond acceptors (Lipinski definition) is 9. The highest BCUT2D eigenvalue weighted by Gasteiger charge is 2.62. The molecular formula is C15H16F2N2O9. The molecule has 0 bridgehead atoms. The molecule has 13 heteroatoms. The lowest BCUT2D eigenvalue weighted by atomic mass is 10.1. The average Bonchev–Trinajstić information content (AvgIpc) is 2.81. The van der Waals surface area contributed by atoms with Crippen LogP contribution in [0.5, 0.6) is 0 Å². The van der Waals surface area contributed by atoms with Crippen LogP contribution in [0.1, 0.15) is 20.8 Å². The summed E-state index contributed by atoms with van der Waals surface area (Å²) in [5, 5.41) is 0. The van der Waals surface area contributed by atoms with Crippen molar-refractivity contribution in [1.82, 2.24) is 9.55 Å². The Bertz CT molecular complexity index is 912. The highest BCUT2D eigenvalue weighted by atomic mass is 19.2. The van der Waals surface area contributed by atoms with E-state index in [1.54, 1.807) is 0 Å². The zero-order chi connectivity index (χ0) is 21.2. The van der Waals surface area contributed by atoms with Crippen LogP contribution in [0, 0.1) is 5.82 Å². The maximum absolute atomic E-state index is 15.8. The molecule has 1 aliphatic rings. The first kappa shape index (κ1) is 21.2. The number of carbonyl (C=O) groups excluding carboxylic acids is 3. The van der Waals surface area contributed by atoms with Crippen LogP contribution in [-0.4, -0.2) is 52.4 Å². The minimum atomic E-state index is -3.39. The fourth-order valence-corrected chi connectivity index (χ4v) is 2.59. The third-order valence-electron chi connectivity index (χ3n) is 3.61. The Morgan fingerprint density at radius 1 is 1.18 bits per heavy atom. The van der Waals surface area contributed by atoms with Gasteiger partial charge in [0.25, 0.3) is 5.56 Å². The first-order chi connectivity index (χ1) is 13.0. The second-order valence-corrected chi connectivity index (χ2v) is 5.78. The fraction of sp³-hybridized carbons (Fsp3) is 0.533. The molecule has 0 aromatic carbocycles. The summed E-state index contributed by atoms with van der Waals surface area (Å²) in [5.74, 6) is -7.67. The third-order valence-corrected chi connectivity index (χ3v) is 3.61. The maximum Gasteiger partial charge on any atom is 0.339 e. The van der Waals surface area contributed by atoms with E-state index in [2.05, 4.69) is 0 Å². The summed E-state index contributed by atoms with van der Waals surface area (Å²) in [6, 6.07) is 0. The van der Waals surface area contributed by atoms with Crippen molar-refractivity contribution in [2.45, 2.75) is 45.1 Å². The van der Waals surface area contributed by atoms with Gasteiger partial charge in [-0.15, -0.1) is 0 Å². The number of aromatic nitrogens is 2. The number of esters is 3. The number of alkyl halides is 1. The summed E-state index contributed by atoms with van der Waals surface area (Å²) in [6.45, 7) is 2.28. The molecule has 1 saturated heterocycles. The molecular weight excluding hydrogens is 390 g/mol. The molecule has 0 unspecified atom stereocenters. The number of hydrogen-bond donors (Lipinski definition) is 1. The molecule has 2 heterocycles. The van der Waals surface area contributed by atoms with Crippen LogP contribution in [0.2, 0.25) is 0 Å². The molecule has 1 aromatic rings. The molecule has 0 aliphatic carbocycles. The predicted octanol–water partition coefficient (Wildman–Crippen LogP) is -0.919. The highest BCUT2D eigenvalue weighted by molar-refractivity contribution is 5.68. The minimum Gasteiger partial charge on any atom is -0.463 e. The van der Waals surface area contributed by atoms with E-state index in [0.717, 1.165) is 20.8 Å². The van der Waals surface area contributed by atoms with Crippen molar-refractivity contribution in [3.05, 3.63) is 32.9 Å². The molecule has 1 aromatic heterocycles. The van der Waals surface area contributed by atoms with Crippen LogP contribution in [0.25, 0.3) is 0 Å². The van der Waals surface area contributed by atoms with Crippen molar-refractivity contribution in [3.63, 3.8) is 0 Å². The number of H-pyrrole nitrogens is 1. The van der Waals surface area contributed by atoms with Crippen molar-refractivity contribution in [1.29, 1.82) is 0 Å². The number of carbonyl (C=O) groups is 3. The van der Waals surface area contributed by atoms with Gasteiger partial charge in [-0.3, -0.25) is 24.2 Å². The monoisotopic (exact) mass is 406 g/mol. The largest absolute Gasteiger partial charge is 0.463 e. The molecule has 0 spiro atoms. The summed E-state index contributed by atoms with van der Waals surface area (Å²) in [6.07, 6.45) is -5.06. The molecule has 2 rings (SSSR count). The van der Waals surface area contributed by atoms with E-state index in [1.807, 2.05) is 0 Å². The zero-order valence-electron chi connectivity index (χ0n) is 14.9. The number of nitrogens with one attached hydrogen (secondary N) is 1. The second kappa shape index (κ2) is 7.88. The minimum absolute atomic E-state index is 0.00159. The summed E-state index contributed by atoms with van der Waals surface area (Å²) in [7, 11) is 0. The molecule has 4 atom stereocenters. The SMILES string of the molecule is CC(=O)OC[C@H]1O[C@](F)(n2cc(F)c(=O)[nH]c2=O)[C@H](OC(C)=O)[C@@H]1OC(C)=O. The van der Waals surface area contributed by atoms with Gasteiger partial charge in [0.1, 0.15) is 12.7 Å². The van der Waals surface area contributed by atoms with Crippen molar-refractivity contribution in [2.75, 3.05) is 6.61 Å². The van der Waals surface area contributed by atoms with E-state index in [4.69, 9.17) is 18.9 Å². The van der Waals surface area contributed by atoms with Gasteiger partial charge in [-0.05, 0) is 0 Å². The normalized spacial score (nSPS) is 26.5. The number of halogens is 2. The van der Waals surface area contributed by atoms with E-state index in [1.165, 1.54) is 4.98 Å². The highest BCUT2D eigenvalue weighted by Crippen LogP contribution is 2.40. The average molecular weight is 406 g/mol. The van der Waals surface area contributed by atoms with Crippen LogP contribution in [0.15, 0.2) is 15.8 Å². The van der Waals surface area contributed by atoms with Gasteiger partial charge in [0, 0.05) is 20.8 Å². The maximum atomic E-state index is 15.8. The van der Waals surface area contributed by atoms with Crippen molar-refractivity contribution < 1.29 is 42.1 Å². The molecule has 154 valence electrons. The van der Waals surface area contributed by atoms with E-state index in [-0.39, 0.29) is 10.8 Å². The Labute approximate surface area is 155 Å². The lowest BCUT2D eigenvalue weighted by molar-refractivity contribution is -0.247. The standard InChI is InChI=1S/C15H16F2N2O9/c1-6(20)25-5-10-11(26-7(2)21)12(27-8(3)22)15(17,28-10)19-4-9(16)13(23)18-14(19)24/h4,10-12H,5H2,1-3H3,(H,18,23,24)/t10-,11-,12-,15-/m1/s1. The Morgan fingerprint density at radius 2 is 1.79 bits per heavy atom. The van der Waals surface area contributed by atoms with E-state index in [0.29, 0.717) is 0 Å². The van der Waals surface area contributed by atoms with Crippen LogP contribution < -0.4 is 11.2 Å². The molecule has 1 aliphatic heterocycles. The first-order valence-corrected chi connectivity index (χ1v) is 7.82. The smallest absolute Gasteiger partial charge is 0.339 e. The Morgan fingerprint density at radius 3 is 2.32 bits per heavy atom.